The highest BCUT2D eigenvalue weighted by Gasteiger charge is 2.29. The molecule has 0 aliphatic heterocycles. The topological polar surface area (TPSA) is 70.6 Å². The number of hydrogen-bond acceptors (Lipinski definition) is 3. The molecule has 0 aliphatic rings. The molecule has 0 bridgehead atoms. The summed E-state index contributed by atoms with van der Waals surface area (Å²) in [5.41, 5.74) is 2.64. The van der Waals surface area contributed by atoms with Crippen molar-refractivity contribution in [2.24, 2.45) is 5.10 Å². The van der Waals surface area contributed by atoms with Crippen LogP contribution in [0.3, 0.4) is 0 Å². The van der Waals surface area contributed by atoms with Gasteiger partial charge in [0.25, 0.3) is 5.91 Å². The summed E-state index contributed by atoms with van der Waals surface area (Å²) < 4.78 is 37.3. The largest absolute Gasteiger partial charge is 0.416 e. The number of alkyl halides is 3. The maximum absolute atomic E-state index is 12.4. The Bertz CT molecular complexity index is 773. The summed E-state index contributed by atoms with van der Waals surface area (Å²) in [6.07, 6.45) is -3.03. The molecule has 0 saturated heterocycles. The Balaban J connectivity index is 1.74. The summed E-state index contributed by atoms with van der Waals surface area (Å²) in [4.78, 5) is 23.3. The molecule has 0 aromatic heterocycles. The van der Waals surface area contributed by atoms with Gasteiger partial charge < -0.3 is 5.32 Å². The van der Waals surface area contributed by atoms with Gasteiger partial charge in [0.2, 0.25) is 5.91 Å². The molecule has 0 saturated carbocycles. The third-order valence-corrected chi connectivity index (χ3v) is 3.29. The minimum absolute atomic E-state index is 0.156. The van der Waals surface area contributed by atoms with Crippen molar-refractivity contribution >= 4 is 18.0 Å². The van der Waals surface area contributed by atoms with E-state index in [0.29, 0.717) is 5.56 Å². The number of amides is 2. The lowest BCUT2D eigenvalue weighted by Crippen LogP contribution is -2.35. The molecule has 0 atom stereocenters. The average Bonchev–Trinajstić information content (AvgIpc) is 2.60. The van der Waals surface area contributed by atoms with E-state index in [2.05, 4.69) is 15.8 Å². The Kier molecular flexibility index (Phi) is 6.48. The number of carbonyl (C=O) groups is 2. The van der Waals surface area contributed by atoms with Gasteiger partial charge >= 0.3 is 6.18 Å². The van der Waals surface area contributed by atoms with Crippen molar-refractivity contribution < 1.29 is 22.8 Å². The van der Waals surface area contributed by atoms with Crippen LogP contribution in [0.25, 0.3) is 0 Å². The number of carbonyl (C=O) groups excluding carboxylic acids is 2. The SMILES string of the molecule is O=C(Cc1ccccc1)NCC(=O)N/N=C/c1ccc(C(F)(F)F)cc1. The van der Waals surface area contributed by atoms with E-state index < -0.39 is 17.6 Å². The second-order valence-corrected chi connectivity index (χ2v) is 5.35. The first kappa shape index (κ1) is 19.2. The lowest BCUT2D eigenvalue weighted by molar-refractivity contribution is -0.137. The van der Waals surface area contributed by atoms with Gasteiger partial charge in [0.15, 0.2) is 0 Å². The standard InChI is InChI=1S/C18H16F3N3O2/c19-18(20,21)15-8-6-14(7-9-15)11-23-24-17(26)12-22-16(25)10-13-4-2-1-3-5-13/h1-9,11H,10,12H2,(H,22,25)(H,24,26)/b23-11+. The van der Waals surface area contributed by atoms with Gasteiger partial charge in [-0.1, -0.05) is 42.5 Å². The maximum atomic E-state index is 12.4. The zero-order valence-electron chi connectivity index (χ0n) is 13.6. The number of hydrogen-bond donors (Lipinski definition) is 2. The van der Waals surface area contributed by atoms with E-state index in [1.807, 2.05) is 18.2 Å². The number of rotatable bonds is 6. The van der Waals surface area contributed by atoms with E-state index in [1.165, 1.54) is 18.3 Å². The van der Waals surface area contributed by atoms with Crippen molar-refractivity contribution in [1.29, 1.82) is 0 Å². The first-order chi connectivity index (χ1) is 12.3. The van der Waals surface area contributed by atoms with Crippen molar-refractivity contribution in [2.75, 3.05) is 6.54 Å². The molecule has 2 aromatic carbocycles. The van der Waals surface area contributed by atoms with Crippen LogP contribution in [-0.4, -0.2) is 24.6 Å². The second kappa shape index (κ2) is 8.80. The number of hydrazone groups is 1. The van der Waals surface area contributed by atoms with Crippen molar-refractivity contribution in [3.8, 4) is 0 Å². The molecule has 5 nitrogen and oxygen atoms in total. The van der Waals surface area contributed by atoms with Crippen LogP contribution >= 0.6 is 0 Å². The van der Waals surface area contributed by atoms with E-state index in [9.17, 15) is 22.8 Å². The summed E-state index contributed by atoms with van der Waals surface area (Å²) in [6, 6.07) is 13.4. The van der Waals surface area contributed by atoms with E-state index in [4.69, 9.17) is 0 Å². The molecule has 0 spiro atoms. The third-order valence-electron chi connectivity index (χ3n) is 3.29. The molecule has 0 radical (unpaired) electrons. The molecule has 2 aromatic rings. The summed E-state index contributed by atoms with van der Waals surface area (Å²) in [6.45, 7) is -0.254. The fourth-order valence-corrected chi connectivity index (χ4v) is 2.00. The fraction of sp³-hybridized carbons (Fsp3) is 0.167. The summed E-state index contributed by atoms with van der Waals surface area (Å²) in [5, 5.41) is 6.09. The van der Waals surface area contributed by atoms with Crippen molar-refractivity contribution in [3.05, 3.63) is 71.3 Å². The Morgan fingerprint density at radius 2 is 1.62 bits per heavy atom. The summed E-state index contributed by atoms with van der Waals surface area (Å²) in [5.74, 6) is -0.854. The predicted molar refractivity (Wildman–Crippen MR) is 90.3 cm³/mol. The van der Waals surface area contributed by atoms with E-state index in [0.717, 1.165) is 17.7 Å². The lowest BCUT2D eigenvalue weighted by atomic mass is 10.1. The minimum atomic E-state index is -4.40. The van der Waals surface area contributed by atoms with Crippen molar-refractivity contribution in [1.82, 2.24) is 10.7 Å². The molecule has 0 unspecified atom stereocenters. The van der Waals surface area contributed by atoms with Gasteiger partial charge in [-0.2, -0.15) is 18.3 Å². The van der Waals surface area contributed by atoms with Crippen LogP contribution < -0.4 is 10.7 Å². The molecule has 2 amide bonds. The lowest BCUT2D eigenvalue weighted by Gasteiger charge is -2.06. The summed E-state index contributed by atoms with van der Waals surface area (Å²) >= 11 is 0. The monoisotopic (exact) mass is 363 g/mol. The van der Waals surface area contributed by atoms with Crippen molar-refractivity contribution in [3.63, 3.8) is 0 Å². The van der Waals surface area contributed by atoms with Crippen LogP contribution in [0, 0.1) is 0 Å². The molecule has 8 heteroatoms. The molecular formula is C18H16F3N3O2. The molecule has 26 heavy (non-hydrogen) atoms. The molecule has 0 heterocycles. The quantitative estimate of drug-likeness (QED) is 0.612. The number of halogens is 3. The van der Waals surface area contributed by atoms with E-state index >= 15 is 0 Å². The highest BCUT2D eigenvalue weighted by Crippen LogP contribution is 2.28. The van der Waals surface area contributed by atoms with Crippen molar-refractivity contribution in [2.45, 2.75) is 12.6 Å². The van der Waals surface area contributed by atoms with E-state index in [1.54, 1.807) is 12.1 Å². The second-order valence-electron chi connectivity index (χ2n) is 5.35. The van der Waals surface area contributed by atoms with Crippen LogP contribution in [0.2, 0.25) is 0 Å². The van der Waals surface area contributed by atoms with Gasteiger partial charge in [0.05, 0.1) is 24.7 Å². The Morgan fingerprint density at radius 3 is 2.23 bits per heavy atom. The van der Waals surface area contributed by atoms with Gasteiger partial charge in [-0.15, -0.1) is 0 Å². The molecule has 136 valence electrons. The van der Waals surface area contributed by atoms with Crippen LogP contribution in [0.4, 0.5) is 13.2 Å². The van der Waals surface area contributed by atoms with Gasteiger partial charge in [0.1, 0.15) is 0 Å². The summed E-state index contributed by atoms with van der Waals surface area (Å²) in [7, 11) is 0. The fourth-order valence-electron chi connectivity index (χ4n) is 2.00. The van der Waals surface area contributed by atoms with Gasteiger partial charge in [0, 0.05) is 0 Å². The first-order valence-electron chi connectivity index (χ1n) is 7.64. The zero-order chi connectivity index (χ0) is 19.0. The van der Waals surface area contributed by atoms with Gasteiger partial charge in [-0.05, 0) is 23.3 Å². The van der Waals surface area contributed by atoms with E-state index in [-0.39, 0.29) is 18.9 Å². The number of benzene rings is 2. The predicted octanol–water partition coefficient (Wildman–Crippen LogP) is 2.51. The van der Waals surface area contributed by atoms with Crippen LogP contribution in [0.1, 0.15) is 16.7 Å². The molecule has 2 rings (SSSR count). The average molecular weight is 363 g/mol. The highest BCUT2D eigenvalue weighted by atomic mass is 19.4. The minimum Gasteiger partial charge on any atom is -0.347 e. The Morgan fingerprint density at radius 1 is 0.962 bits per heavy atom. The number of nitrogens with one attached hydrogen (secondary N) is 2. The molecule has 2 N–H and O–H groups in total. The third kappa shape index (κ3) is 6.39. The van der Waals surface area contributed by atoms with Crippen LogP contribution in [-0.2, 0) is 22.2 Å². The molecule has 0 fully saturated rings. The molecular weight excluding hydrogens is 347 g/mol. The van der Waals surface area contributed by atoms with Crippen LogP contribution in [0.5, 0.6) is 0 Å². The van der Waals surface area contributed by atoms with Gasteiger partial charge in [-0.25, -0.2) is 5.43 Å². The smallest absolute Gasteiger partial charge is 0.347 e. The van der Waals surface area contributed by atoms with Gasteiger partial charge in [-0.3, -0.25) is 9.59 Å². The Hall–Kier alpha value is -3.16. The normalized spacial score (nSPS) is 11.3. The number of nitrogens with zero attached hydrogens (tertiary/aromatic N) is 1. The highest BCUT2D eigenvalue weighted by molar-refractivity contribution is 5.87. The Labute approximate surface area is 147 Å². The maximum Gasteiger partial charge on any atom is 0.416 e. The molecule has 0 aliphatic carbocycles. The van der Waals surface area contributed by atoms with Crippen LogP contribution in [0.15, 0.2) is 59.7 Å². The first-order valence-corrected chi connectivity index (χ1v) is 7.64. The zero-order valence-corrected chi connectivity index (χ0v) is 13.6.